The molecule has 2 N–H and O–H groups in total. The van der Waals surface area contributed by atoms with Gasteiger partial charge in [-0.05, 0) is 49.6 Å². The molecule has 3 heteroatoms. The fourth-order valence-corrected chi connectivity index (χ4v) is 1.91. The minimum absolute atomic E-state index is 0.330. The molecule has 1 aromatic carbocycles. The fraction of sp³-hybridized carbons (Fsp3) is 0.625. The Bertz CT molecular complexity index is 359. The summed E-state index contributed by atoms with van der Waals surface area (Å²) in [4.78, 5) is 0. The minimum Gasteiger partial charge on any atom is -0.491 e. The summed E-state index contributed by atoms with van der Waals surface area (Å²) in [5.74, 6) is 1.48. The molecule has 0 aliphatic heterocycles. The Hall–Kier alpha value is -1.06. The molecular formula is C16H27NO2. The Balaban J connectivity index is 2.27. The van der Waals surface area contributed by atoms with E-state index in [0.717, 1.165) is 18.7 Å². The molecule has 0 radical (unpaired) electrons. The van der Waals surface area contributed by atoms with Crippen molar-refractivity contribution < 1.29 is 9.84 Å². The van der Waals surface area contributed by atoms with Crippen molar-refractivity contribution in [2.24, 2.45) is 5.92 Å². The molecule has 19 heavy (non-hydrogen) atoms. The van der Waals surface area contributed by atoms with Gasteiger partial charge in [-0.25, -0.2) is 0 Å². The van der Waals surface area contributed by atoms with Crippen molar-refractivity contribution in [2.75, 3.05) is 19.7 Å². The lowest BCUT2D eigenvalue weighted by Crippen LogP contribution is -2.33. The van der Waals surface area contributed by atoms with Crippen LogP contribution in [0.15, 0.2) is 18.2 Å². The van der Waals surface area contributed by atoms with E-state index in [2.05, 4.69) is 25.2 Å². The van der Waals surface area contributed by atoms with E-state index in [1.54, 1.807) is 0 Å². The number of nitrogens with one attached hydrogen (secondary N) is 1. The first kappa shape index (κ1) is 16.0. The SMILES string of the molecule is CCC(C)CNCC(O)COc1cc(C)cc(C)c1. The van der Waals surface area contributed by atoms with Crippen LogP contribution in [0.4, 0.5) is 0 Å². The fourth-order valence-electron chi connectivity index (χ4n) is 1.91. The van der Waals surface area contributed by atoms with Crippen LogP contribution in [0.2, 0.25) is 0 Å². The summed E-state index contributed by atoms with van der Waals surface area (Å²) in [6.07, 6.45) is 0.687. The highest BCUT2D eigenvalue weighted by molar-refractivity contribution is 5.32. The van der Waals surface area contributed by atoms with Crippen molar-refractivity contribution >= 4 is 0 Å². The zero-order valence-electron chi connectivity index (χ0n) is 12.6. The lowest BCUT2D eigenvalue weighted by Gasteiger charge is -2.15. The van der Waals surface area contributed by atoms with E-state index in [-0.39, 0.29) is 0 Å². The maximum atomic E-state index is 9.85. The zero-order valence-corrected chi connectivity index (χ0v) is 12.6. The summed E-state index contributed by atoms with van der Waals surface area (Å²) >= 11 is 0. The number of aryl methyl sites for hydroxylation is 2. The largest absolute Gasteiger partial charge is 0.491 e. The van der Waals surface area contributed by atoms with Crippen LogP contribution in [0.1, 0.15) is 31.4 Å². The van der Waals surface area contributed by atoms with Gasteiger partial charge in [0.25, 0.3) is 0 Å². The van der Waals surface area contributed by atoms with E-state index in [9.17, 15) is 5.11 Å². The quantitative estimate of drug-likeness (QED) is 0.759. The molecule has 0 amide bonds. The van der Waals surface area contributed by atoms with E-state index in [1.165, 1.54) is 11.1 Å². The van der Waals surface area contributed by atoms with Gasteiger partial charge in [0.2, 0.25) is 0 Å². The van der Waals surface area contributed by atoms with Crippen molar-refractivity contribution in [3.8, 4) is 5.75 Å². The van der Waals surface area contributed by atoms with E-state index >= 15 is 0 Å². The Morgan fingerprint density at radius 1 is 1.16 bits per heavy atom. The smallest absolute Gasteiger partial charge is 0.119 e. The van der Waals surface area contributed by atoms with Crippen LogP contribution in [-0.2, 0) is 0 Å². The van der Waals surface area contributed by atoms with Crippen LogP contribution in [0.5, 0.6) is 5.75 Å². The number of hydrogen-bond acceptors (Lipinski definition) is 3. The molecule has 1 aromatic rings. The van der Waals surface area contributed by atoms with Crippen molar-refractivity contribution in [1.82, 2.24) is 5.32 Å². The van der Waals surface area contributed by atoms with Gasteiger partial charge in [0, 0.05) is 6.54 Å². The predicted molar refractivity (Wildman–Crippen MR) is 79.7 cm³/mol. The molecule has 0 aliphatic carbocycles. The van der Waals surface area contributed by atoms with Crippen LogP contribution in [0.25, 0.3) is 0 Å². The normalized spacial score (nSPS) is 14.2. The first-order valence-electron chi connectivity index (χ1n) is 7.11. The molecule has 0 bridgehead atoms. The number of rotatable bonds is 8. The minimum atomic E-state index is -0.468. The second kappa shape index (κ2) is 8.18. The Labute approximate surface area is 117 Å². The molecule has 0 spiro atoms. The third-order valence-corrected chi connectivity index (χ3v) is 3.21. The van der Waals surface area contributed by atoms with Gasteiger partial charge in [0.05, 0.1) is 0 Å². The average molecular weight is 265 g/mol. The summed E-state index contributed by atoms with van der Waals surface area (Å²) < 4.78 is 5.62. The molecule has 2 atom stereocenters. The predicted octanol–water partition coefficient (Wildman–Crippen LogP) is 2.68. The van der Waals surface area contributed by atoms with Crippen molar-refractivity contribution in [3.63, 3.8) is 0 Å². The molecule has 0 fully saturated rings. The van der Waals surface area contributed by atoms with Crippen LogP contribution in [0.3, 0.4) is 0 Å². The molecule has 0 saturated carbocycles. The van der Waals surface area contributed by atoms with Gasteiger partial charge in [-0.1, -0.05) is 26.3 Å². The van der Waals surface area contributed by atoms with Crippen LogP contribution in [0, 0.1) is 19.8 Å². The van der Waals surface area contributed by atoms with E-state index in [1.807, 2.05) is 26.0 Å². The summed E-state index contributed by atoms with van der Waals surface area (Å²) in [6.45, 7) is 10.3. The summed E-state index contributed by atoms with van der Waals surface area (Å²) in [7, 11) is 0. The lowest BCUT2D eigenvalue weighted by atomic mass is 10.1. The number of aliphatic hydroxyl groups is 1. The number of hydrogen-bond donors (Lipinski definition) is 2. The molecule has 0 saturated heterocycles. The van der Waals surface area contributed by atoms with Gasteiger partial charge >= 0.3 is 0 Å². The van der Waals surface area contributed by atoms with Gasteiger partial charge in [-0.2, -0.15) is 0 Å². The highest BCUT2D eigenvalue weighted by Gasteiger charge is 2.06. The third kappa shape index (κ3) is 6.60. The maximum Gasteiger partial charge on any atom is 0.119 e. The lowest BCUT2D eigenvalue weighted by molar-refractivity contribution is 0.105. The Morgan fingerprint density at radius 3 is 2.37 bits per heavy atom. The van der Waals surface area contributed by atoms with Gasteiger partial charge in [0.15, 0.2) is 0 Å². The topological polar surface area (TPSA) is 41.5 Å². The first-order chi connectivity index (χ1) is 9.01. The zero-order chi connectivity index (χ0) is 14.3. The molecular weight excluding hydrogens is 238 g/mol. The number of benzene rings is 1. The molecule has 3 nitrogen and oxygen atoms in total. The number of ether oxygens (including phenoxy) is 1. The van der Waals surface area contributed by atoms with Gasteiger partial charge in [0.1, 0.15) is 18.5 Å². The van der Waals surface area contributed by atoms with Gasteiger partial charge < -0.3 is 15.2 Å². The second-order valence-electron chi connectivity index (χ2n) is 5.46. The highest BCUT2D eigenvalue weighted by Crippen LogP contribution is 2.16. The molecule has 2 unspecified atom stereocenters. The summed E-state index contributed by atoms with van der Waals surface area (Å²) in [5.41, 5.74) is 2.36. The van der Waals surface area contributed by atoms with Crippen LogP contribution >= 0.6 is 0 Å². The van der Waals surface area contributed by atoms with Crippen LogP contribution in [-0.4, -0.2) is 30.9 Å². The average Bonchev–Trinajstić information content (AvgIpc) is 2.35. The monoisotopic (exact) mass is 265 g/mol. The molecule has 0 aromatic heterocycles. The van der Waals surface area contributed by atoms with Gasteiger partial charge in [-0.3, -0.25) is 0 Å². The maximum absolute atomic E-state index is 9.85. The van der Waals surface area contributed by atoms with E-state index < -0.39 is 6.10 Å². The second-order valence-corrected chi connectivity index (χ2v) is 5.46. The molecule has 1 rings (SSSR count). The summed E-state index contributed by atoms with van der Waals surface area (Å²) in [6, 6.07) is 6.09. The molecule has 0 heterocycles. The van der Waals surface area contributed by atoms with Crippen molar-refractivity contribution in [1.29, 1.82) is 0 Å². The Morgan fingerprint density at radius 2 is 1.79 bits per heavy atom. The van der Waals surface area contributed by atoms with E-state index in [0.29, 0.717) is 19.1 Å². The van der Waals surface area contributed by atoms with E-state index in [4.69, 9.17) is 4.74 Å². The standard InChI is InChI=1S/C16H27NO2/c1-5-12(2)9-17-10-15(18)11-19-16-7-13(3)6-14(4)8-16/h6-8,12,15,17-18H,5,9-11H2,1-4H3. The third-order valence-electron chi connectivity index (χ3n) is 3.21. The van der Waals surface area contributed by atoms with Crippen LogP contribution < -0.4 is 10.1 Å². The Kier molecular flexibility index (Phi) is 6.89. The van der Waals surface area contributed by atoms with Crippen molar-refractivity contribution in [3.05, 3.63) is 29.3 Å². The van der Waals surface area contributed by atoms with Crippen molar-refractivity contribution in [2.45, 2.75) is 40.2 Å². The van der Waals surface area contributed by atoms with Gasteiger partial charge in [-0.15, -0.1) is 0 Å². The highest BCUT2D eigenvalue weighted by atomic mass is 16.5. The number of aliphatic hydroxyl groups excluding tert-OH is 1. The molecule has 0 aliphatic rings. The molecule has 108 valence electrons. The first-order valence-corrected chi connectivity index (χ1v) is 7.11. The summed E-state index contributed by atoms with van der Waals surface area (Å²) in [5, 5.41) is 13.1.